The average molecular weight is 324 g/mol. The van der Waals surface area contributed by atoms with Crippen LogP contribution in [0.15, 0.2) is 48.5 Å². The van der Waals surface area contributed by atoms with Crippen molar-refractivity contribution in [2.45, 2.75) is 19.8 Å². The summed E-state index contributed by atoms with van der Waals surface area (Å²) in [5.74, 6) is 0.847. The minimum Gasteiger partial charge on any atom is -0.506 e. The van der Waals surface area contributed by atoms with Crippen molar-refractivity contribution in [2.24, 2.45) is 0 Å². The zero-order valence-corrected chi connectivity index (χ0v) is 14.3. The van der Waals surface area contributed by atoms with E-state index in [0.717, 1.165) is 24.3 Å². The molecule has 0 aliphatic carbocycles. The predicted octanol–water partition coefficient (Wildman–Crippen LogP) is 3.48. The number of amides is 1. The molecule has 1 fully saturated rings. The molecule has 126 valence electrons. The number of nitrogens with zero attached hydrogens (tertiary/aromatic N) is 2. The molecule has 0 aromatic heterocycles. The first kappa shape index (κ1) is 16.4. The van der Waals surface area contributed by atoms with E-state index in [1.807, 2.05) is 47.4 Å². The zero-order chi connectivity index (χ0) is 17.1. The number of hydrogen-bond acceptors (Lipinski definition) is 3. The monoisotopic (exact) mass is 324 g/mol. The third kappa shape index (κ3) is 3.37. The Morgan fingerprint density at radius 3 is 2.17 bits per heavy atom. The van der Waals surface area contributed by atoms with E-state index in [-0.39, 0.29) is 5.91 Å². The van der Waals surface area contributed by atoms with Gasteiger partial charge in [0.25, 0.3) is 5.91 Å². The average Bonchev–Trinajstić information content (AvgIpc) is 2.62. The molecule has 24 heavy (non-hydrogen) atoms. The Hall–Kier alpha value is -2.49. The maximum absolute atomic E-state index is 12.6. The summed E-state index contributed by atoms with van der Waals surface area (Å²) in [4.78, 5) is 16.7. The summed E-state index contributed by atoms with van der Waals surface area (Å²) in [6.07, 6.45) is 0. The smallest absolute Gasteiger partial charge is 0.253 e. The number of aromatic hydroxyl groups is 1. The molecule has 2 aromatic carbocycles. The third-order valence-corrected chi connectivity index (χ3v) is 4.61. The topological polar surface area (TPSA) is 43.8 Å². The standard InChI is InChI=1S/C20H24N2O2/c1-15(2)16-7-9-17(10-8-16)20(24)22-13-11-21(12-14-22)18-5-3-4-6-19(18)23/h3-10,15,23H,11-14H2,1-2H3. The summed E-state index contributed by atoms with van der Waals surface area (Å²) in [6.45, 7) is 7.09. The van der Waals surface area contributed by atoms with Crippen molar-refractivity contribution in [2.75, 3.05) is 31.1 Å². The first-order chi connectivity index (χ1) is 11.6. The normalized spacial score (nSPS) is 15.0. The van der Waals surface area contributed by atoms with Gasteiger partial charge in [-0.25, -0.2) is 0 Å². The van der Waals surface area contributed by atoms with Gasteiger partial charge in [0.1, 0.15) is 5.75 Å². The van der Waals surface area contributed by atoms with Gasteiger partial charge in [0.2, 0.25) is 0 Å². The van der Waals surface area contributed by atoms with E-state index < -0.39 is 0 Å². The van der Waals surface area contributed by atoms with Crippen molar-refractivity contribution in [3.63, 3.8) is 0 Å². The Balaban J connectivity index is 1.64. The highest BCUT2D eigenvalue weighted by molar-refractivity contribution is 5.94. The van der Waals surface area contributed by atoms with Crippen LogP contribution in [0, 0.1) is 0 Å². The van der Waals surface area contributed by atoms with Crippen LogP contribution in [0.2, 0.25) is 0 Å². The number of rotatable bonds is 3. The highest BCUT2D eigenvalue weighted by atomic mass is 16.3. The maximum Gasteiger partial charge on any atom is 0.253 e. The van der Waals surface area contributed by atoms with Crippen LogP contribution in [0.3, 0.4) is 0 Å². The molecule has 0 atom stereocenters. The summed E-state index contributed by atoms with van der Waals surface area (Å²) >= 11 is 0. The molecular formula is C20H24N2O2. The van der Waals surface area contributed by atoms with Gasteiger partial charge in [-0.2, -0.15) is 0 Å². The van der Waals surface area contributed by atoms with Gasteiger partial charge in [-0.3, -0.25) is 4.79 Å². The Bertz CT molecular complexity index is 702. The lowest BCUT2D eigenvalue weighted by molar-refractivity contribution is 0.0746. The Morgan fingerprint density at radius 2 is 1.58 bits per heavy atom. The van der Waals surface area contributed by atoms with Crippen LogP contribution in [-0.4, -0.2) is 42.1 Å². The van der Waals surface area contributed by atoms with E-state index in [4.69, 9.17) is 0 Å². The Morgan fingerprint density at radius 1 is 0.958 bits per heavy atom. The quantitative estimate of drug-likeness (QED) is 0.940. The first-order valence-corrected chi connectivity index (χ1v) is 8.48. The molecule has 1 saturated heterocycles. The summed E-state index contributed by atoms with van der Waals surface area (Å²) in [6, 6.07) is 15.3. The lowest BCUT2D eigenvalue weighted by Gasteiger charge is -2.36. The summed E-state index contributed by atoms with van der Waals surface area (Å²) in [7, 11) is 0. The molecule has 0 radical (unpaired) electrons. The first-order valence-electron chi connectivity index (χ1n) is 8.48. The summed E-state index contributed by atoms with van der Waals surface area (Å²) in [5, 5.41) is 9.96. The van der Waals surface area contributed by atoms with Gasteiger partial charge in [-0.1, -0.05) is 38.1 Å². The van der Waals surface area contributed by atoms with E-state index in [2.05, 4.69) is 18.7 Å². The number of para-hydroxylation sites is 2. The van der Waals surface area contributed by atoms with E-state index in [0.29, 0.717) is 24.8 Å². The predicted molar refractivity (Wildman–Crippen MR) is 96.8 cm³/mol. The van der Waals surface area contributed by atoms with Crippen LogP contribution >= 0.6 is 0 Å². The molecule has 1 N–H and O–H groups in total. The van der Waals surface area contributed by atoms with Crippen molar-refractivity contribution in [1.29, 1.82) is 0 Å². The number of phenols is 1. The molecule has 1 aliphatic rings. The van der Waals surface area contributed by atoms with Crippen LogP contribution in [-0.2, 0) is 0 Å². The molecular weight excluding hydrogens is 300 g/mol. The highest BCUT2D eigenvalue weighted by Crippen LogP contribution is 2.27. The van der Waals surface area contributed by atoms with Crippen molar-refractivity contribution in [1.82, 2.24) is 4.90 Å². The molecule has 3 rings (SSSR count). The van der Waals surface area contributed by atoms with Gasteiger partial charge in [0.15, 0.2) is 0 Å². The lowest BCUT2D eigenvalue weighted by atomic mass is 10.0. The largest absolute Gasteiger partial charge is 0.506 e. The second-order valence-corrected chi connectivity index (χ2v) is 6.54. The van der Waals surface area contributed by atoms with Crippen LogP contribution in [0.5, 0.6) is 5.75 Å². The number of carbonyl (C=O) groups excluding carboxylic acids is 1. The van der Waals surface area contributed by atoms with Crippen molar-refractivity contribution in [3.8, 4) is 5.75 Å². The maximum atomic E-state index is 12.6. The number of phenolic OH excluding ortho intramolecular Hbond substituents is 1. The van der Waals surface area contributed by atoms with E-state index in [9.17, 15) is 9.90 Å². The molecule has 4 heteroatoms. The van der Waals surface area contributed by atoms with Crippen LogP contribution in [0.4, 0.5) is 5.69 Å². The molecule has 0 unspecified atom stereocenters. The van der Waals surface area contributed by atoms with Crippen LogP contribution in [0.25, 0.3) is 0 Å². The van der Waals surface area contributed by atoms with Crippen molar-refractivity contribution >= 4 is 11.6 Å². The van der Waals surface area contributed by atoms with Gasteiger partial charge in [-0.05, 0) is 35.7 Å². The van der Waals surface area contributed by atoms with Crippen LogP contribution in [0.1, 0.15) is 35.7 Å². The van der Waals surface area contributed by atoms with Gasteiger partial charge in [0.05, 0.1) is 5.69 Å². The molecule has 4 nitrogen and oxygen atoms in total. The highest BCUT2D eigenvalue weighted by Gasteiger charge is 2.23. The van der Waals surface area contributed by atoms with Gasteiger partial charge < -0.3 is 14.9 Å². The van der Waals surface area contributed by atoms with Gasteiger partial charge >= 0.3 is 0 Å². The second kappa shape index (κ2) is 6.95. The number of carbonyl (C=O) groups is 1. The number of benzene rings is 2. The lowest BCUT2D eigenvalue weighted by Crippen LogP contribution is -2.48. The van der Waals surface area contributed by atoms with Crippen molar-refractivity contribution in [3.05, 3.63) is 59.7 Å². The van der Waals surface area contributed by atoms with E-state index in [1.165, 1.54) is 5.56 Å². The van der Waals surface area contributed by atoms with E-state index in [1.54, 1.807) is 6.07 Å². The molecule has 0 saturated carbocycles. The molecule has 0 spiro atoms. The fourth-order valence-electron chi connectivity index (χ4n) is 3.08. The Kier molecular flexibility index (Phi) is 4.74. The summed E-state index contributed by atoms with van der Waals surface area (Å²) < 4.78 is 0. The molecule has 2 aromatic rings. The number of anilines is 1. The van der Waals surface area contributed by atoms with Crippen LogP contribution < -0.4 is 4.90 Å². The fourth-order valence-corrected chi connectivity index (χ4v) is 3.08. The fraction of sp³-hybridized carbons (Fsp3) is 0.350. The SMILES string of the molecule is CC(C)c1ccc(C(=O)N2CCN(c3ccccc3O)CC2)cc1. The zero-order valence-electron chi connectivity index (χ0n) is 14.3. The molecule has 1 heterocycles. The number of hydrogen-bond donors (Lipinski definition) is 1. The second-order valence-electron chi connectivity index (χ2n) is 6.54. The molecule has 1 aliphatic heterocycles. The third-order valence-electron chi connectivity index (χ3n) is 4.61. The van der Waals surface area contributed by atoms with Gasteiger partial charge in [-0.15, -0.1) is 0 Å². The minimum atomic E-state index is 0.0854. The summed E-state index contributed by atoms with van der Waals surface area (Å²) in [5.41, 5.74) is 2.83. The molecule has 1 amide bonds. The minimum absolute atomic E-state index is 0.0854. The van der Waals surface area contributed by atoms with Gasteiger partial charge in [0, 0.05) is 31.7 Å². The molecule has 0 bridgehead atoms. The van der Waals surface area contributed by atoms with Crippen molar-refractivity contribution < 1.29 is 9.90 Å². The van der Waals surface area contributed by atoms with E-state index >= 15 is 0 Å². The number of piperazine rings is 1. The Labute approximate surface area is 143 Å².